The minimum atomic E-state index is -0.394. The summed E-state index contributed by atoms with van der Waals surface area (Å²) in [5.74, 6) is 1.10. The van der Waals surface area contributed by atoms with Crippen LogP contribution < -0.4 is 9.47 Å². The van der Waals surface area contributed by atoms with Crippen LogP contribution in [0.25, 0.3) is 11.6 Å². The van der Waals surface area contributed by atoms with Gasteiger partial charge in [0.05, 0.1) is 30.8 Å². The van der Waals surface area contributed by atoms with Crippen LogP contribution in [-0.2, 0) is 0 Å². The van der Waals surface area contributed by atoms with Gasteiger partial charge in [0.1, 0.15) is 0 Å². The van der Waals surface area contributed by atoms with Crippen molar-refractivity contribution in [2.75, 3.05) is 14.2 Å². The van der Waals surface area contributed by atoms with E-state index in [-0.39, 0.29) is 11.6 Å². The van der Waals surface area contributed by atoms with Gasteiger partial charge in [-0.15, -0.1) is 0 Å². The summed E-state index contributed by atoms with van der Waals surface area (Å²) in [7, 11) is 3.05. The lowest BCUT2D eigenvalue weighted by atomic mass is 9.97. The summed E-state index contributed by atoms with van der Waals surface area (Å²) < 4.78 is 10.5. The predicted molar refractivity (Wildman–Crippen MR) is 100 cm³/mol. The Morgan fingerprint density at radius 2 is 1.85 bits per heavy atom. The van der Waals surface area contributed by atoms with Gasteiger partial charge in [-0.2, -0.15) is 5.26 Å². The summed E-state index contributed by atoms with van der Waals surface area (Å²) in [5.41, 5.74) is 2.32. The van der Waals surface area contributed by atoms with Crippen LogP contribution in [0.2, 0.25) is 0 Å². The van der Waals surface area contributed by atoms with Crippen molar-refractivity contribution in [3.05, 3.63) is 63.2 Å². The first-order valence-electron chi connectivity index (χ1n) is 8.03. The van der Waals surface area contributed by atoms with Crippen LogP contribution in [0.4, 0.5) is 5.69 Å². The number of hydrogen-bond acceptors (Lipinski definition) is 5. The number of rotatable bonds is 6. The molecule has 0 saturated heterocycles. The van der Waals surface area contributed by atoms with Crippen LogP contribution in [0.3, 0.4) is 0 Å². The molecule has 26 heavy (non-hydrogen) atoms. The van der Waals surface area contributed by atoms with Gasteiger partial charge in [0.25, 0.3) is 5.69 Å². The number of hydrogen-bond donors (Lipinski definition) is 0. The van der Waals surface area contributed by atoms with Crippen molar-refractivity contribution in [1.82, 2.24) is 0 Å². The van der Waals surface area contributed by atoms with E-state index in [1.54, 1.807) is 36.4 Å². The summed E-state index contributed by atoms with van der Waals surface area (Å²) in [6, 6.07) is 12.3. The molecule has 0 unspecified atom stereocenters. The molecule has 0 aliphatic rings. The summed E-state index contributed by atoms with van der Waals surface area (Å²) in [6.07, 6.45) is 1.62. The van der Waals surface area contributed by atoms with E-state index in [1.165, 1.54) is 20.3 Å². The highest BCUT2D eigenvalue weighted by atomic mass is 16.6. The SMILES string of the molecule is COc1ccc(/C(C#N)=C\c2ccc(C(C)C)c([N+](=O)[O-])c2)cc1OC. The highest BCUT2D eigenvalue weighted by Crippen LogP contribution is 2.32. The minimum Gasteiger partial charge on any atom is -0.493 e. The van der Waals surface area contributed by atoms with Gasteiger partial charge in [0.2, 0.25) is 0 Å². The highest BCUT2D eigenvalue weighted by Gasteiger charge is 2.17. The molecular weight excluding hydrogens is 332 g/mol. The van der Waals surface area contributed by atoms with Crippen molar-refractivity contribution in [3.8, 4) is 17.6 Å². The Morgan fingerprint density at radius 1 is 1.15 bits per heavy atom. The molecule has 0 radical (unpaired) electrons. The number of ether oxygens (including phenoxy) is 2. The van der Waals surface area contributed by atoms with Crippen LogP contribution in [0.15, 0.2) is 36.4 Å². The van der Waals surface area contributed by atoms with Gasteiger partial charge in [0.15, 0.2) is 11.5 Å². The fraction of sp³-hybridized carbons (Fsp3) is 0.250. The zero-order valence-electron chi connectivity index (χ0n) is 15.1. The van der Waals surface area contributed by atoms with Gasteiger partial charge in [-0.25, -0.2) is 0 Å². The van der Waals surface area contributed by atoms with Gasteiger partial charge in [-0.3, -0.25) is 10.1 Å². The predicted octanol–water partition coefficient (Wildman–Crippen LogP) is 4.80. The maximum absolute atomic E-state index is 11.3. The maximum Gasteiger partial charge on any atom is 0.273 e. The van der Waals surface area contributed by atoms with Crippen LogP contribution in [0.1, 0.15) is 36.5 Å². The zero-order chi connectivity index (χ0) is 19.3. The van der Waals surface area contributed by atoms with E-state index in [4.69, 9.17) is 9.47 Å². The molecule has 0 aliphatic carbocycles. The average molecular weight is 352 g/mol. The molecule has 0 amide bonds. The van der Waals surface area contributed by atoms with E-state index >= 15 is 0 Å². The molecule has 2 aromatic rings. The Bertz CT molecular complexity index is 895. The number of nitriles is 1. The van der Waals surface area contributed by atoms with E-state index in [0.717, 1.165) is 0 Å². The van der Waals surface area contributed by atoms with Gasteiger partial charge < -0.3 is 9.47 Å². The smallest absolute Gasteiger partial charge is 0.273 e. The number of methoxy groups -OCH3 is 2. The summed E-state index contributed by atoms with van der Waals surface area (Å²) in [4.78, 5) is 11.0. The van der Waals surface area contributed by atoms with Crippen LogP contribution >= 0.6 is 0 Å². The third kappa shape index (κ3) is 4.01. The normalized spacial score (nSPS) is 11.2. The zero-order valence-corrected chi connectivity index (χ0v) is 15.1. The number of nitrogens with zero attached hydrogens (tertiary/aromatic N) is 2. The standard InChI is InChI=1S/C20H20N2O4/c1-13(2)17-7-5-14(10-18(17)22(23)24)9-16(12-21)15-6-8-19(25-3)20(11-15)26-4/h5-11,13H,1-4H3/b16-9-. The van der Waals surface area contributed by atoms with Gasteiger partial charge in [0, 0.05) is 11.6 Å². The van der Waals surface area contributed by atoms with Crippen molar-refractivity contribution in [3.63, 3.8) is 0 Å². The quantitative estimate of drug-likeness (QED) is 0.323. The van der Waals surface area contributed by atoms with E-state index in [0.29, 0.717) is 33.8 Å². The Labute approximate surface area is 152 Å². The molecule has 0 bridgehead atoms. The summed E-state index contributed by atoms with van der Waals surface area (Å²) in [6.45, 7) is 3.81. The van der Waals surface area contributed by atoms with Crippen molar-refractivity contribution in [1.29, 1.82) is 5.26 Å². The topological polar surface area (TPSA) is 85.4 Å². The van der Waals surface area contributed by atoms with E-state index in [9.17, 15) is 15.4 Å². The van der Waals surface area contributed by atoms with Gasteiger partial charge in [-0.05, 0) is 41.3 Å². The largest absolute Gasteiger partial charge is 0.493 e. The average Bonchev–Trinajstić information content (AvgIpc) is 2.65. The molecule has 6 nitrogen and oxygen atoms in total. The lowest BCUT2D eigenvalue weighted by Crippen LogP contribution is -1.98. The molecule has 6 heteroatoms. The second-order valence-electron chi connectivity index (χ2n) is 5.97. The molecule has 0 fully saturated rings. The number of nitro benzene ring substituents is 1. The molecule has 0 aliphatic heterocycles. The molecule has 0 spiro atoms. The maximum atomic E-state index is 11.3. The molecule has 0 aromatic heterocycles. The van der Waals surface area contributed by atoms with Crippen molar-refractivity contribution < 1.29 is 14.4 Å². The van der Waals surface area contributed by atoms with E-state index in [2.05, 4.69) is 6.07 Å². The Balaban J connectivity index is 2.51. The van der Waals surface area contributed by atoms with Crippen LogP contribution in [-0.4, -0.2) is 19.1 Å². The third-order valence-electron chi connectivity index (χ3n) is 4.00. The van der Waals surface area contributed by atoms with Crippen LogP contribution in [0, 0.1) is 21.4 Å². The first-order chi connectivity index (χ1) is 12.4. The summed E-state index contributed by atoms with van der Waals surface area (Å²) in [5, 5.41) is 20.9. The van der Waals surface area contributed by atoms with Crippen molar-refractivity contribution in [2.45, 2.75) is 19.8 Å². The lowest BCUT2D eigenvalue weighted by Gasteiger charge is -2.09. The molecule has 0 heterocycles. The second kappa shape index (κ2) is 8.17. The monoisotopic (exact) mass is 352 g/mol. The third-order valence-corrected chi connectivity index (χ3v) is 4.00. The molecule has 2 rings (SSSR count). The molecule has 134 valence electrons. The fourth-order valence-corrected chi connectivity index (χ4v) is 2.65. The highest BCUT2D eigenvalue weighted by molar-refractivity contribution is 5.90. The lowest BCUT2D eigenvalue weighted by molar-refractivity contribution is -0.385. The number of benzene rings is 2. The first kappa shape index (κ1) is 19.0. The van der Waals surface area contributed by atoms with Crippen molar-refractivity contribution >= 4 is 17.3 Å². The molecular formula is C20H20N2O4. The van der Waals surface area contributed by atoms with Gasteiger partial charge >= 0.3 is 0 Å². The fourth-order valence-electron chi connectivity index (χ4n) is 2.65. The van der Waals surface area contributed by atoms with E-state index < -0.39 is 4.92 Å². The first-order valence-corrected chi connectivity index (χ1v) is 8.03. The Morgan fingerprint density at radius 3 is 2.38 bits per heavy atom. The Hall–Kier alpha value is -3.33. The minimum absolute atomic E-state index is 0.0368. The van der Waals surface area contributed by atoms with E-state index in [1.807, 2.05) is 13.8 Å². The number of allylic oxidation sites excluding steroid dienone is 1. The van der Waals surface area contributed by atoms with Crippen molar-refractivity contribution in [2.24, 2.45) is 0 Å². The van der Waals surface area contributed by atoms with Gasteiger partial charge in [-0.1, -0.05) is 26.0 Å². The molecule has 0 saturated carbocycles. The Kier molecular flexibility index (Phi) is 5.97. The molecule has 0 atom stereocenters. The summed E-state index contributed by atoms with van der Waals surface area (Å²) >= 11 is 0. The van der Waals surface area contributed by atoms with Crippen LogP contribution in [0.5, 0.6) is 11.5 Å². The second-order valence-corrected chi connectivity index (χ2v) is 5.97. The molecule has 0 N–H and O–H groups in total. The molecule has 2 aromatic carbocycles. The number of nitro groups is 1.